The van der Waals surface area contributed by atoms with Crippen LogP contribution in [0.5, 0.6) is 11.5 Å². The molecular formula is C21H20FNO2. The zero-order valence-electron chi connectivity index (χ0n) is 13.8. The van der Waals surface area contributed by atoms with E-state index in [0.29, 0.717) is 19.8 Å². The van der Waals surface area contributed by atoms with Crippen molar-refractivity contribution < 1.29 is 13.9 Å². The van der Waals surface area contributed by atoms with Crippen LogP contribution < -0.4 is 15.2 Å². The molecule has 0 unspecified atom stereocenters. The average molecular weight is 337 g/mol. The lowest BCUT2D eigenvalue weighted by Gasteiger charge is -2.10. The molecule has 3 aromatic carbocycles. The van der Waals surface area contributed by atoms with Gasteiger partial charge in [-0.2, -0.15) is 0 Å². The first-order chi connectivity index (χ1) is 12.3. The molecule has 128 valence electrons. The van der Waals surface area contributed by atoms with Crippen LogP contribution in [0.15, 0.2) is 72.8 Å². The van der Waals surface area contributed by atoms with Gasteiger partial charge in [0, 0.05) is 6.54 Å². The molecule has 2 N–H and O–H groups in total. The molecule has 3 rings (SSSR count). The van der Waals surface area contributed by atoms with Crippen molar-refractivity contribution in [3.05, 3.63) is 84.2 Å². The minimum atomic E-state index is -0.401. The number of hydrogen-bond acceptors (Lipinski definition) is 3. The summed E-state index contributed by atoms with van der Waals surface area (Å²) in [6.45, 7) is 1.13. The maximum Gasteiger partial charge on any atom is 0.165 e. The van der Waals surface area contributed by atoms with E-state index in [1.807, 2.05) is 60.7 Å². The molecule has 0 saturated carbocycles. The number of rotatable bonds is 7. The Hall–Kier alpha value is -2.85. The summed E-state index contributed by atoms with van der Waals surface area (Å²) in [4.78, 5) is 0. The summed E-state index contributed by atoms with van der Waals surface area (Å²) in [6.07, 6.45) is 0. The molecule has 25 heavy (non-hydrogen) atoms. The molecule has 0 heterocycles. The first-order valence-electron chi connectivity index (χ1n) is 8.16. The summed E-state index contributed by atoms with van der Waals surface area (Å²) in [6, 6.07) is 22.5. The van der Waals surface area contributed by atoms with Crippen molar-refractivity contribution in [2.24, 2.45) is 5.73 Å². The topological polar surface area (TPSA) is 44.5 Å². The van der Waals surface area contributed by atoms with Crippen molar-refractivity contribution in [2.45, 2.75) is 6.61 Å². The summed E-state index contributed by atoms with van der Waals surface area (Å²) in [5, 5.41) is 0. The van der Waals surface area contributed by atoms with Crippen LogP contribution in [0, 0.1) is 5.82 Å². The van der Waals surface area contributed by atoms with E-state index in [4.69, 9.17) is 15.2 Å². The lowest BCUT2D eigenvalue weighted by atomic mass is 10.1. The van der Waals surface area contributed by atoms with Gasteiger partial charge < -0.3 is 15.2 Å². The van der Waals surface area contributed by atoms with Crippen LogP contribution in [-0.4, -0.2) is 13.2 Å². The monoisotopic (exact) mass is 337 g/mol. The number of benzene rings is 3. The first kappa shape index (κ1) is 17.0. The van der Waals surface area contributed by atoms with Gasteiger partial charge in [0.1, 0.15) is 19.0 Å². The van der Waals surface area contributed by atoms with Crippen LogP contribution >= 0.6 is 0 Å². The SMILES string of the molecule is NCCOc1ccc(-c2cccc(OCc3ccccc3)c2)cc1F. The van der Waals surface area contributed by atoms with Crippen LogP contribution in [0.1, 0.15) is 5.56 Å². The second kappa shape index (κ2) is 8.31. The van der Waals surface area contributed by atoms with E-state index >= 15 is 0 Å². The van der Waals surface area contributed by atoms with Crippen molar-refractivity contribution in [1.82, 2.24) is 0 Å². The Morgan fingerprint density at radius 1 is 0.800 bits per heavy atom. The summed E-state index contributed by atoms with van der Waals surface area (Å²) in [5.41, 5.74) is 8.12. The third-order valence-corrected chi connectivity index (χ3v) is 3.72. The van der Waals surface area contributed by atoms with Gasteiger partial charge in [-0.3, -0.25) is 0 Å². The van der Waals surface area contributed by atoms with E-state index in [2.05, 4.69) is 0 Å². The Morgan fingerprint density at radius 3 is 2.36 bits per heavy atom. The van der Waals surface area contributed by atoms with Gasteiger partial charge in [-0.05, 0) is 41.0 Å². The van der Waals surface area contributed by atoms with Gasteiger partial charge >= 0.3 is 0 Å². The molecule has 0 aliphatic heterocycles. The zero-order chi connectivity index (χ0) is 17.5. The first-order valence-corrected chi connectivity index (χ1v) is 8.16. The molecule has 0 amide bonds. The van der Waals surface area contributed by atoms with E-state index in [1.54, 1.807) is 6.07 Å². The molecule has 4 heteroatoms. The molecule has 0 aliphatic rings. The zero-order valence-corrected chi connectivity index (χ0v) is 13.8. The van der Waals surface area contributed by atoms with Gasteiger partial charge in [-0.1, -0.05) is 48.5 Å². The second-order valence-electron chi connectivity index (χ2n) is 5.58. The predicted molar refractivity (Wildman–Crippen MR) is 97.2 cm³/mol. The molecule has 3 aromatic rings. The fourth-order valence-corrected chi connectivity index (χ4v) is 2.47. The Kier molecular flexibility index (Phi) is 5.65. The Morgan fingerprint density at radius 2 is 1.60 bits per heavy atom. The van der Waals surface area contributed by atoms with Crippen molar-refractivity contribution in [2.75, 3.05) is 13.2 Å². The highest BCUT2D eigenvalue weighted by Crippen LogP contribution is 2.28. The molecule has 0 bridgehead atoms. The molecule has 3 nitrogen and oxygen atoms in total. The van der Waals surface area contributed by atoms with Crippen molar-refractivity contribution >= 4 is 0 Å². The highest BCUT2D eigenvalue weighted by molar-refractivity contribution is 5.66. The van der Waals surface area contributed by atoms with Crippen LogP contribution in [0.25, 0.3) is 11.1 Å². The Balaban J connectivity index is 1.73. The molecule has 0 radical (unpaired) electrons. The number of ether oxygens (including phenoxy) is 2. The van der Waals surface area contributed by atoms with Crippen LogP contribution in [-0.2, 0) is 6.61 Å². The second-order valence-corrected chi connectivity index (χ2v) is 5.58. The number of hydrogen-bond donors (Lipinski definition) is 1. The molecular weight excluding hydrogens is 317 g/mol. The predicted octanol–water partition coefficient (Wildman–Crippen LogP) is 4.41. The molecule has 0 saturated heterocycles. The van der Waals surface area contributed by atoms with Gasteiger partial charge in [0.25, 0.3) is 0 Å². The Bertz CT molecular complexity index is 821. The minimum Gasteiger partial charge on any atom is -0.489 e. The third kappa shape index (κ3) is 4.58. The van der Waals surface area contributed by atoms with Crippen LogP contribution in [0.2, 0.25) is 0 Å². The maximum atomic E-state index is 14.1. The fourth-order valence-electron chi connectivity index (χ4n) is 2.47. The molecule has 0 aromatic heterocycles. The number of halogens is 1. The van der Waals surface area contributed by atoms with Crippen molar-refractivity contribution in [3.63, 3.8) is 0 Å². The average Bonchev–Trinajstić information content (AvgIpc) is 2.66. The van der Waals surface area contributed by atoms with E-state index < -0.39 is 5.82 Å². The number of nitrogens with two attached hydrogens (primary N) is 1. The highest BCUT2D eigenvalue weighted by Gasteiger charge is 2.07. The van der Waals surface area contributed by atoms with E-state index in [0.717, 1.165) is 22.4 Å². The minimum absolute atomic E-state index is 0.214. The van der Waals surface area contributed by atoms with Crippen molar-refractivity contribution in [3.8, 4) is 22.6 Å². The molecule has 0 atom stereocenters. The lowest BCUT2D eigenvalue weighted by molar-refractivity contribution is 0.306. The third-order valence-electron chi connectivity index (χ3n) is 3.72. The Labute approximate surface area is 146 Å². The van der Waals surface area contributed by atoms with Gasteiger partial charge in [-0.25, -0.2) is 4.39 Å². The molecule has 0 spiro atoms. The standard InChI is InChI=1S/C21H20FNO2/c22-20-14-18(9-10-21(20)24-12-11-23)17-7-4-8-19(13-17)25-15-16-5-2-1-3-6-16/h1-10,13-14H,11-12,15,23H2. The van der Waals surface area contributed by atoms with Crippen LogP contribution in [0.3, 0.4) is 0 Å². The lowest BCUT2D eigenvalue weighted by Crippen LogP contribution is -2.11. The molecule has 0 fully saturated rings. The highest BCUT2D eigenvalue weighted by atomic mass is 19.1. The van der Waals surface area contributed by atoms with E-state index in [-0.39, 0.29) is 5.75 Å². The summed E-state index contributed by atoms with van der Waals surface area (Å²) in [5.74, 6) is 0.553. The van der Waals surface area contributed by atoms with Gasteiger partial charge in [-0.15, -0.1) is 0 Å². The summed E-state index contributed by atoms with van der Waals surface area (Å²) in [7, 11) is 0. The quantitative estimate of drug-likeness (QED) is 0.694. The summed E-state index contributed by atoms with van der Waals surface area (Å²) < 4.78 is 25.2. The van der Waals surface area contributed by atoms with Crippen LogP contribution in [0.4, 0.5) is 4.39 Å². The van der Waals surface area contributed by atoms with E-state index in [1.165, 1.54) is 6.07 Å². The van der Waals surface area contributed by atoms with Gasteiger partial charge in [0.05, 0.1) is 0 Å². The summed E-state index contributed by atoms with van der Waals surface area (Å²) >= 11 is 0. The molecule has 0 aliphatic carbocycles. The fraction of sp³-hybridized carbons (Fsp3) is 0.143. The van der Waals surface area contributed by atoms with Gasteiger partial charge in [0.2, 0.25) is 0 Å². The normalized spacial score (nSPS) is 10.5. The van der Waals surface area contributed by atoms with Crippen molar-refractivity contribution in [1.29, 1.82) is 0 Å². The maximum absolute atomic E-state index is 14.1. The largest absolute Gasteiger partial charge is 0.489 e. The van der Waals surface area contributed by atoms with E-state index in [9.17, 15) is 4.39 Å². The smallest absolute Gasteiger partial charge is 0.165 e. The van der Waals surface area contributed by atoms with Gasteiger partial charge in [0.15, 0.2) is 11.6 Å².